The molecule has 2 aliphatic heterocycles. The monoisotopic (exact) mass is 441 g/mol. The van der Waals surface area contributed by atoms with E-state index in [1.54, 1.807) is 6.07 Å². The van der Waals surface area contributed by atoms with Gasteiger partial charge in [-0.25, -0.2) is 9.97 Å². The van der Waals surface area contributed by atoms with E-state index < -0.39 is 0 Å². The van der Waals surface area contributed by atoms with Crippen molar-refractivity contribution in [2.24, 2.45) is 0 Å². The highest BCUT2D eigenvalue weighted by atomic mass is 35.5. The maximum absolute atomic E-state index is 6.30. The molecule has 3 aromatic rings. The van der Waals surface area contributed by atoms with Gasteiger partial charge in [0.2, 0.25) is 0 Å². The Bertz CT molecular complexity index is 1040. The molecule has 0 aliphatic carbocycles. The molecule has 1 aromatic carbocycles. The number of pyridine rings is 1. The van der Waals surface area contributed by atoms with Crippen molar-refractivity contribution < 1.29 is 0 Å². The summed E-state index contributed by atoms with van der Waals surface area (Å²) in [4.78, 5) is 17.4. The molecule has 4 heterocycles. The molecular weight excluding hydrogens is 417 g/mol. The second kappa shape index (κ2) is 8.75. The molecule has 2 aliphatic rings. The largest absolute Gasteiger partial charge is 0.317 e. The van der Waals surface area contributed by atoms with E-state index in [0.717, 1.165) is 54.2 Å². The molecule has 1 unspecified atom stereocenters. The molecule has 5 rings (SSSR count). The summed E-state index contributed by atoms with van der Waals surface area (Å²) >= 11 is 12.6. The van der Waals surface area contributed by atoms with Gasteiger partial charge in [0, 0.05) is 12.2 Å². The molecule has 156 valence electrons. The van der Waals surface area contributed by atoms with Crippen molar-refractivity contribution in [1.29, 1.82) is 0 Å². The summed E-state index contributed by atoms with van der Waals surface area (Å²) in [5.74, 6) is 0. The Labute approximate surface area is 186 Å². The van der Waals surface area contributed by atoms with Gasteiger partial charge in [-0.1, -0.05) is 35.7 Å². The van der Waals surface area contributed by atoms with E-state index in [2.05, 4.69) is 15.2 Å². The van der Waals surface area contributed by atoms with Crippen LogP contribution >= 0.6 is 23.2 Å². The van der Waals surface area contributed by atoms with Gasteiger partial charge in [0.05, 0.1) is 38.5 Å². The summed E-state index contributed by atoms with van der Waals surface area (Å²) in [6, 6.07) is 10.4. The average molecular weight is 442 g/mol. The normalized spacial score (nSPS) is 21.2. The number of piperidine rings is 2. The van der Waals surface area contributed by atoms with E-state index in [-0.39, 0.29) is 6.04 Å². The number of benzene rings is 1. The van der Waals surface area contributed by atoms with Crippen molar-refractivity contribution in [3.8, 4) is 11.4 Å². The van der Waals surface area contributed by atoms with Crippen molar-refractivity contribution in [3.05, 3.63) is 52.3 Å². The number of hydrogen-bond donors (Lipinski definition) is 1. The van der Waals surface area contributed by atoms with Crippen molar-refractivity contribution in [2.45, 2.75) is 44.2 Å². The summed E-state index contributed by atoms with van der Waals surface area (Å²) in [5, 5.41) is 4.49. The predicted octanol–water partition coefficient (Wildman–Crippen LogP) is 5.28. The van der Waals surface area contributed by atoms with Crippen LogP contribution in [0.2, 0.25) is 10.0 Å². The number of nitrogens with one attached hydrogen (secondary N) is 1. The Hall–Kier alpha value is -1.79. The predicted molar refractivity (Wildman–Crippen MR) is 122 cm³/mol. The van der Waals surface area contributed by atoms with Gasteiger partial charge in [-0.2, -0.15) is 0 Å². The number of aromatic nitrogens is 3. The van der Waals surface area contributed by atoms with Crippen LogP contribution in [0.1, 0.15) is 43.8 Å². The molecule has 0 spiro atoms. The molecule has 2 saturated heterocycles. The average Bonchev–Trinajstić information content (AvgIpc) is 2.80. The lowest BCUT2D eigenvalue weighted by Gasteiger charge is -2.43. The van der Waals surface area contributed by atoms with Gasteiger partial charge >= 0.3 is 0 Å². The number of likely N-dealkylation sites (tertiary alicyclic amines) is 1. The fraction of sp³-hybridized carbons (Fsp3) is 0.435. The summed E-state index contributed by atoms with van der Waals surface area (Å²) in [6.07, 6.45) is 7.70. The molecule has 5 nitrogen and oxygen atoms in total. The minimum Gasteiger partial charge on any atom is -0.317 e. The van der Waals surface area contributed by atoms with Crippen molar-refractivity contribution in [1.82, 2.24) is 25.2 Å². The van der Waals surface area contributed by atoms with Crippen LogP contribution in [0.15, 0.2) is 36.5 Å². The first-order valence-electron chi connectivity index (χ1n) is 10.8. The van der Waals surface area contributed by atoms with Crippen LogP contribution in [-0.2, 0) is 0 Å². The van der Waals surface area contributed by atoms with Gasteiger partial charge in [-0.3, -0.25) is 9.88 Å². The summed E-state index contributed by atoms with van der Waals surface area (Å²) < 4.78 is 0. The molecular formula is C23H25Cl2N5. The number of rotatable bonds is 3. The zero-order chi connectivity index (χ0) is 20.5. The minimum absolute atomic E-state index is 0.241. The zero-order valence-corrected chi connectivity index (χ0v) is 18.3. The van der Waals surface area contributed by atoms with E-state index in [1.807, 2.05) is 30.5 Å². The molecule has 0 saturated carbocycles. The number of halogens is 2. The van der Waals surface area contributed by atoms with E-state index in [4.69, 9.17) is 33.2 Å². The standard InChI is InChI=1S/C23H25Cl2N5/c24-16-13-19-20(14-17(16)25)29-23(22(28-19)18-5-1-3-9-27-18)21-6-2-4-12-30(21)15-7-10-26-11-8-15/h1,3,5,9,13-15,21,26H,2,4,6-8,10-12H2. The molecule has 0 radical (unpaired) electrons. The lowest BCUT2D eigenvalue weighted by Crippen LogP contribution is -2.47. The second-order valence-corrected chi connectivity index (χ2v) is 8.97. The first-order valence-corrected chi connectivity index (χ1v) is 11.5. The fourth-order valence-corrected chi connectivity index (χ4v) is 5.13. The third-order valence-corrected chi connectivity index (χ3v) is 7.00. The van der Waals surface area contributed by atoms with Crippen LogP contribution in [0, 0.1) is 0 Å². The van der Waals surface area contributed by atoms with Crippen molar-refractivity contribution in [3.63, 3.8) is 0 Å². The highest BCUT2D eigenvalue weighted by molar-refractivity contribution is 6.42. The van der Waals surface area contributed by atoms with Crippen LogP contribution in [0.4, 0.5) is 0 Å². The van der Waals surface area contributed by atoms with E-state index >= 15 is 0 Å². The number of hydrogen-bond acceptors (Lipinski definition) is 5. The Morgan fingerprint density at radius 2 is 1.70 bits per heavy atom. The van der Waals surface area contributed by atoms with Crippen LogP contribution in [0.25, 0.3) is 22.4 Å². The van der Waals surface area contributed by atoms with Crippen molar-refractivity contribution >= 4 is 34.2 Å². The first-order chi connectivity index (χ1) is 14.7. The number of fused-ring (bicyclic) bond motifs is 1. The summed E-state index contributed by atoms with van der Waals surface area (Å²) in [7, 11) is 0. The van der Waals surface area contributed by atoms with E-state index in [9.17, 15) is 0 Å². The van der Waals surface area contributed by atoms with Gasteiger partial charge in [0.15, 0.2) is 0 Å². The molecule has 1 N–H and O–H groups in total. The fourth-order valence-electron chi connectivity index (χ4n) is 4.81. The Kier molecular flexibility index (Phi) is 5.87. The third kappa shape index (κ3) is 3.92. The lowest BCUT2D eigenvalue weighted by molar-refractivity contribution is 0.0740. The van der Waals surface area contributed by atoms with Gasteiger partial charge < -0.3 is 5.32 Å². The van der Waals surface area contributed by atoms with E-state index in [0.29, 0.717) is 16.1 Å². The first kappa shape index (κ1) is 20.1. The molecule has 2 aromatic heterocycles. The van der Waals surface area contributed by atoms with Crippen LogP contribution in [0.5, 0.6) is 0 Å². The quantitative estimate of drug-likeness (QED) is 0.599. The van der Waals surface area contributed by atoms with E-state index in [1.165, 1.54) is 25.7 Å². The Morgan fingerprint density at radius 1 is 0.933 bits per heavy atom. The Balaban J connectivity index is 1.66. The molecule has 2 fully saturated rings. The van der Waals surface area contributed by atoms with Gasteiger partial charge in [0.1, 0.15) is 5.69 Å². The highest BCUT2D eigenvalue weighted by Crippen LogP contribution is 2.38. The van der Waals surface area contributed by atoms with Gasteiger partial charge in [-0.15, -0.1) is 0 Å². The summed E-state index contributed by atoms with van der Waals surface area (Å²) in [6.45, 7) is 3.27. The van der Waals surface area contributed by atoms with Gasteiger partial charge in [0.25, 0.3) is 0 Å². The van der Waals surface area contributed by atoms with Crippen LogP contribution < -0.4 is 5.32 Å². The highest BCUT2D eigenvalue weighted by Gasteiger charge is 2.34. The Morgan fingerprint density at radius 3 is 2.43 bits per heavy atom. The SMILES string of the molecule is Clc1cc2nc(-c3ccccn3)c(C3CCCCN3C3CCNCC3)nc2cc1Cl. The molecule has 7 heteroatoms. The van der Waals surface area contributed by atoms with Crippen LogP contribution in [-0.4, -0.2) is 45.5 Å². The topological polar surface area (TPSA) is 53.9 Å². The lowest BCUT2D eigenvalue weighted by atomic mass is 9.92. The molecule has 0 amide bonds. The summed E-state index contributed by atoms with van der Waals surface area (Å²) in [5.41, 5.74) is 4.25. The molecule has 1 atom stereocenters. The third-order valence-electron chi connectivity index (χ3n) is 6.28. The minimum atomic E-state index is 0.241. The zero-order valence-electron chi connectivity index (χ0n) is 16.8. The second-order valence-electron chi connectivity index (χ2n) is 8.16. The smallest absolute Gasteiger partial charge is 0.112 e. The number of nitrogens with zero attached hydrogens (tertiary/aromatic N) is 4. The molecule has 0 bridgehead atoms. The van der Waals surface area contributed by atoms with Crippen molar-refractivity contribution in [2.75, 3.05) is 19.6 Å². The maximum Gasteiger partial charge on any atom is 0.112 e. The van der Waals surface area contributed by atoms with Gasteiger partial charge in [-0.05, 0) is 69.6 Å². The molecule has 30 heavy (non-hydrogen) atoms. The van der Waals surface area contributed by atoms with Crippen LogP contribution in [0.3, 0.4) is 0 Å². The maximum atomic E-state index is 6.30.